The van der Waals surface area contributed by atoms with Crippen molar-refractivity contribution >= 4 is 5.91 Å². The van der Waals surface area contributed by atoms with Crippen LogP contribution in [0.3, 0.4) is 0 Å². The molecule has 4 heteroatoms. The smallest absolute Gasteiger partial charge is 0.240 e. The lowest BCUT2D eigenvalue weighted by atomic mass is 9.74. The molecule has 1 N–H and O–H groups in total. The molecule has 0 aromatic rings. The van der Waals surface area contributed by atoms with Crippen molar-refractivity contribution in [3.05, 3.63) is 0 Å². The number of carbonyl (C=O) groups is 1. The van der Waals surface area contributed by atoms with Gasteiger partial charge in [0.15, 0.2) is 0 Å². The van der Waals surface area contributed by atoms with Crippen LogP contribution in [0.4, 0.5) is 0 Å². The molecule has 17 heavy (non-hydrogen) atoms. The summed E-state index contributed by atoms with van der Waals surface area (Å²) in [6.07, 6.45) is 5.58. The molecule has 4 nitrogen and oxygen atoms in total. The monoisotopic (exact) mass is 236 g/mol. The molecular formula is C13H20N2O2. The maximum absolute atomic E-state index is 12.1. The highest BCUT2D eigenvalue weighted by atomic mass is 16.5. The van der Waals surface area contributed by atoms with E-state index in [4.69, 9.17) is 4.74 Å². The molecule has 1 atom stereocenters. The largest absolute Gasteiger partial charge is 0.381 e. The quantitative estimate of drug-likeness (QED) is 0.809. The summed E-state index contributed by atoms with van der Waals surface area (Å²) in [6, 6.07) is 2.25. The van der Waals surface area contributed by atoms with Gasteiger partial charge in [-0.3, -0.25) is 4.79 Å². The Labute approximate surface area is 102 Å². The highest BCUT2D eigenvalue weighted by Gasteiger charge is 2.39. The van der Waals surface area contributed by atoms with Crippen molar-refractivity contribution in [2.24, 2.45) is 11.3 Å². The maximum atomic E-state index is 12.1. The molecule has 1 aliphatic heterocycles. The third kappa shape index (κ3) is 2.78. The van der Waals surface area contributed by atoms with Gasteiger partial charge in [0.05, 0.1) is 12.7 Å². The van der Waals surface area contributed by atoms with Gasteiger partial charge in [0.2, 0.25) is 5.91 Å². The van der Waals surface area contributed by atoms with Crippen LogP contribution in [0.2, 0.25) is 0 Å². The molecule has 1 saturated heterocycles. The number of nitrogens with zero attached hydrogens (tertiary/aromatic N) is 1. The SMILES string of the molecule is N#CC1(C(=O)NCC2CCOC2)CCCCC1. The highest BCUT2D eigenvalue weighted by Crippen LogP contribution is 2.35. The van der Waals surface area contributed by atoms with Crippen LogP contribution in [0.1, 0.15) is 38.5 Å². The first-order valence-electron chi connectivity index (χ1n) is 6.54. The predicted octanol–water partition coefficient (Wildman–Crippen LogP) is 1.61. The summed E-state index contributed by atoms with van der Waals surface area (Å²) in [5, 5.41) is 12.2. The van der Waals surface area contributed by atoms with Crippen LogP contribution in [-0.4, -0.2) is 25.7 Å². The van der Waals surface area contributed by atoms with Gasteiger partial charge in [0.25, 0.3) is 0 Å². The van der Waals surface area contributed by atoms with Gasteiger partial charge in [-0.2, -0.15) is 5.26 Å². The summed E-state index contributed by atoms with van der Waals surface area (Å²) in [4.78, 5) is 12.1. The third-order valence-corrected chi connectivity index (χ3v) is 3.93. The Balaban J connectivity index is 1.86. The number of nitriles is 1. The van der Waals surface area contributed by atoms with Crippen molar-refractivity contribution in [3.8, 4) is 6.07 Å². The van der Waals surface area contributed by atoms with Crippen LogP contribution in [-0.2, 0) is 9.53 Å². The van der Waals surface area contributed by atoms with E-state index in [0.29, 0.717) is 12.5 Å². The first kappa shape index (κ1) is 12.4. The number of ether oxygens (including phenoxy) is 1. The fourth-order valence-corrected chi connectivity index (χ4v) is 2.70. The number of hydrogen-bond donors (Lipinski definition) is 1. The van der Waals surface area contributed by atoms with Crippen molar-refractivity contribution in [1.29, 1.82) is 5.26 Å². The van der Waals surface area contributed by atoms with E-state index in [1.807, 2.05) is 0 Å². The minimum Gasteiger partial charge on any atom is -0.381 e. The lowest BCUT2D eigenvalue weighted by Crippen LogP contribution is -2.43. The number of rotatable bonds is 3. The van der Waals surface area contributed by atoms with Crippen LogP contribution in [0.15, 0.2) is 0 Å². The minimum atomic E-state index is -0.752. The Morgan fingerprint density at radius 2 is 2.18 bits per heavy atom. The summed E-state index contributed by atoms with van der Waals surface area (Å²) in [7, 11) is 0. The van der Waals surface area contributed by atoms with Gasteiger partial charge in [0.1, 0.15) is 5.41 Å². The normalized spacial score (nSPS) is 27.4. The van der Waals surface area contributed by atoms with Crippen molar-refractivity contribution in [2.75, 3.05) is 19.8 Å². The molecule has 1 saturated carbocycles. The summed E-state index contributed by atoms with van der Waals surface area (Å²) in [6.45, 7) is 2.19. The Bertz CT molecular complexity index is 310. The van der Waals surface area contributed by atoms with E-state index in [-0.39, 0.29) is 5.91 Å². The highest BCUT2D eigenvalue weighted by molar-refractivity contribution is 5.85. The van der Waals surface area contributed by atoms with Crippen LogP contribution in [0.25, 0.3) is 0 Å². The molecule has 2 aliphatic rings. The van der Waals surface area contributed by atoms with Crippen LogP contribution >= 0.6 is 0 Å². The number of carbonyl (C=O) groups excluding carboxylic acids is 1. The van der Waals surface area contributed by atoms with E-state index in [1.165, 1.54) is 0 Å². The van der Waals surface area contributed by atoms with E-state index in [1.54, 1.807) is 0 Å². The van der Waals surface area contributed by atoms with E-state index in [9.17, 15) is 10.1 Å². The average molecular weight is 236 g/mol. The Kier molecular flexibility index (Phi) is 4.01. The second-order valence-electron chi connectivity index (χ2n) is 5.19. The van der Waals surface area contributed by atoms with E-state index < -0.39 is 5.41 Å². The molecule has 1 amide bonds. The first-order chi connectivity index (χ1) is 8.27. The molecule has 0 bridgehead atoms. The number of amides is 1. The Morgan fingerprint density at radius 3 is 2.76 bits per heavy atom. The summed E-state index contributed by atoms with van der Waals surface area (Å²) in [5.41, 5.74) is -0.752. The molecule has 0 radical (unpaired) electrons. The Hall–Kier alpha value is -1.08. The molecule has 0 aromatic carbocycles. The molecule has 1 unspecified atom stereocenters. The van der Waals surface area contributed by atoms with Gasteiger partial charge in [0, 0.05) is 19.1 Å². The number of nitrogens with one attached hydrogen (secondary N) is 1. The van der Waals surface area contributed by atoms with Gasteiger partial charge in [-0.15, -0.1) is 0 Å². The van der Waals surface area contributed by atoms with Gasteiger partial charge < -0.3 is 10.1 Å². The summed E-state index contributed by atoms with van der Waals surface area (Å²) < 4.78 is 5.27. The molecule has 2 fully saturated rings. The molecule has 0 spiro atoms. The molecule has 0 aromatic heterocycles. The van der Waals surface area contributed by atoms with E-state index in [0.717, 1.165) is 51.7 Å². The summed E-state index contributed by atoms with van der Waals surface area (Å²) >= 11 is 0. The van der Waals surface area contributed by atoms with Gasteiger partial charge in [-0.05, 0) is 19.3 Å². The second kappa shape index (κ2) is 5.50. The molecular weight excluding hydrogens is 216 g/mol. The lowest BCUT2D eigenvalue weighted by molar-refractivity contribution is -0.129. The Morgan fingerprint density at radius 1 is 1.41 bits per heavy atom. The zero-order valence-corrected chi connectivity index (χ0v) is 10.2. The van der Waals surface area contributed by atoms with E-state index >= 15 is 0 Å². The van der Waals surface area contributed by atoms with Gasteiger partial charge in [-0.25, -0.2) is 0 Å². The minimum absolute atomic E-state index is 0.0633. The maximum Gasteiger partial charge on any atom is 0.240 e. The van der Waals surface area contributed by atoms with Crippen LogP contribution < -0.4 is 5.32 Å². The fraction of sp³-hybridized carbons (Fsp3) is 0.846. The lowest BCUT2D eigenvalue weighted by Gasteiger charge is -2.29. The first-order valence-corrected chi connectivity index (χ1v) is 6.54. The molecule has 94 valence electrons. The summed E-state index contributed by atoms with van der Waals surface area (Å²) in [5.74, 6) is 0.366. The van der Waals surface area contributed by atoms with Crippen molar-refractivity contribution in [1.82, 2.24) is 5.32 Å². The van der Waals surface area contributed by atoms with Crippen molar-refractivity contribution < 1.29 is 9.53 Å². The third-order valence-electron chi connectivity index (χ3n) is 3.93. The second-order valence-corrected chi connectivity index (χ2v) is 5.19. The standard InChI is InChI=1S/C13H20N2O2/c14-10-13(5-2-1-3-6-13)12(16)15-8-11-4-7-17-9-11/h11H,1-9H2,(H,15,16). The van der Waals surface area contributed by atoms with Gasteiger partial charge in [-0.1, -0.05) is 19.3 Å². The molecule has 2 rings (SSSR count). The zero-order valence-electron chi connectivity index (χ0n) is 10.2. The average Bonchev–Trinajstić information content (AvgIpc) is 2.90. The van der Waals surface area contributed by atoms with Crippen LogP contribution in [0, 0.1) is 22.7 Å². The fourth-order valence-electron chi connectivity index (χ4n) is 2.70. The van der Waals surface area contributed by atoms with Crippen molar-refractivity contribution in [2.45, 2.75) is 38.5 Å². The molecule has 1 heterocycles. The molecule has 1 aliphatic carbocycles. The van der Waals surface area contributed by atoms with Gasteiger partial charge >= 0.3 is 0 Å². The topological polar surface area (TPSA) is 62.1 Å². The number of hydrogen-bond acceptors (Lipinski definition) is 3. The predicted molar refractivity (Wildman–Crippen MR) is 63.1 cm³/mol. The zero-order chi connectivity index (χ0) is 12.1. The van der Waals surface area contributed by atoms with E-state index in [2.05, 4.69) is 11.4 Å². The van der Waals surface area contributed by atoms with Crippen molar-refractivity contribution in [3.63, 3.8) is 0 Å². The van der Waals surface area contributed by atoms with Crippen LogP contribution in [0.5, 0.6) is 0 Å².